The minimum Gasteiger partial charge on any atom is -0.0521 e. The van der Waals surface area contributed by atoms with Crippen molar-refractivity contribution in [1.29, 1.82) is 0 Å². The number of hydrogen-bond acceptors (Lipinski definition) is 0. The Hall–Kier alpha value is 0. The standard InChI is InChI=1S/C22H26/c1-5-15-13-17-7-2-8-18-14-16(6-1)20-10-3-9-19(15)21(17)11-4-12-22(18)20/h13-14H,1-12H2. The van der Waals surface area contributed by atoms with Crippen LogP contribution in [0.1, 0.15) is 77.0 Å². The van der Waals surface area contributed by atoms with Crippen molar-refractivity contribution in [2.75, 3.05) is 0 Å². The molecule has 0 aromatic carbocycles. The highest BCUT2D eigenvalue weighted by Crippen LogP contribution is 2.61. The van der Waals surface area contributed by atoms with Gasteiger partial charge in [-0.1, -0.05) is 25.7 Å². The van der Waals surface area contributed by atoms with Crippen molar-refractivity contribution < 1.29 is 0 Å². The van der Waals surface area contributed by atoms with Crippen LogP contribution in [0.4, 0.5) is 0 Å². The molecule has 22 heavy (non-hydrogen) atoms. The second kappa shape index (κ2) is 5.82. The van der Waals surface area contributed by atoms with E-state index in [0.717, 1.165) is 0 Å². The van der Waals surface area contributed by atoms with Crippen molar-refractivity contribution in [3.8, 4) is 0 Å². The second-order valence-electron chi connectivity index (χ2n) is 7.72. The van der Waals surface area contributed by atoms with Crippen LogP contribution < -0.4 is 0 Å². The molecule has 0 aromatic heterocycles. The Labute approximate surface area is 137 Å². The smallest absolute Gasteiger partial charge is 0.00967 e. The molecule has 0 heteroatoms. The molecule has 0 heterocycles. The summed E-state index contributed by atoms with van der Waals surface area (Å²) in [5.41, 5.74) is 0. The van der Waals surface area contributed by atoms with Crippen LogP contribution in [0.3, 0.4) is 0 Å². The zero-order chi connectivity index (χ0) is 14.5. The van der Waals surface area contributed by atoms with E-state index >= 15 is 0 Å². The molecule has 10 radical (unpaired) electrons. The van der Waals surface area contributed by atoms with E-state index in [0.29, 0.717) is 0 Å². The molecule has 5 rings (SSSR count). The summed E-state index contributed by atoms with van der Waals surface area (Å²) in [7, 11) is 0. The van der Waals surface area contributed by atoms with E-state index in [1.54, 1.807) is 47.3 Å². The first-order chi connectivity index (χ1) is 10.9. The molecule has 5 fully saturated rings. The van der Waals surface area contributed by atoms with Gasteiger partial charge in [-0.2, -0.15) is 0 Å². The molecule has 0 atom stereocenters. The van der Waals surface area contributed by atoms with Crippen LogP contribution in [-0.2, 0) is 0 Å². The molecule has 5 aliphatic carbocycles. The van der Waals surface area contributed by atoms with Crippen molar-refractivity contribution in [2.24, 2.45) is 0 Å². The van der Waals surface area contributed by atoms with Gasteiger partial charge < -0.3 is 0 Å². The van der Waals surface area contributed by atoms with Crippen molar-refractivity contribution in [1.82, 2.24) is 0 Å². The van der Waals surface area contributed by atoms with Crippen LogP contribution in [-0.4, -0.2) is 0 Å². The van der Waals surface area contributed by atoms with Gasteiger partial charge in [0.2, 0.25) is 0 Å². The van der Waals surface area contributed by atoms with Gasteiger partial charge >= 0.3 is 0 Å². The van der Waals surface area contributed by atoms with Gasteiger partial charge in [0, 0.05) is 0 Å². The minimum atomic E-state index is 1.32. The highest BCUT2D eigenvalue weighted by molar-refractivity contribution is 5.60. The van der Waals surface area contributed by atoms with Gasteiger partial charge in [0.1, 0.15) is 0 Å². The monoisotopic (exact) mass is 290 g/mol. The first kappa shape index (κ1) is 14.4. The normalized spacial score (nSPS) is 34.9. The second-order valence-corrected chi connectivity index (χ2v) is 7.72. The Kier molecular flexibility index (Phi) is 3.79. The maximum atomic E-state index is 2.62. The zero-order valence-corrected chi connectivity index (χ0v) is 13.6. The Morgan fingerprint density at radius 2 is 0.636 bits per heavy atom. The summed E-state index contributed by atoms with van der Waals surface area (Å²) >= 11 is 0. The number of hydrogen-bond donors (Lipinski definition) is 0. The van der Waals surface area contributed by atoms with Gasteiger partial charge in [0.15, 0.2) is 0 Å². The van der Waals surface area contributed by atoms with Gasteiger partial charge in [-0.05, 0) is 112 Å². The van der Waals surface area contributed by atoms with Gasteiger partial charge in [0.25, 0.3) is 0 Å². The summed E-state index contributed by atoms with van der Waals surface area (Å²) in [6.07, 6.45) is 21.3. The van der Waals surface area contributed by atoms with Crippen LogP contribution in [0.25, 0.3) is 0 Å². The van der Waals surface area contributed by atoms with Crippen LogP contribution in [0, 0.1) is 60.2 Å². The molecule has 4 bridgehead atoms. The lowest BCUT2D eigenvalue weighted by Crippen LogP contribution is -2.20. The van der Waals surface area contributed by atoms with E-state index in [2.05, 4.69) is 12.8 Å². The average Bonchev–Trinajstić information content (AvgIpc) is 3.03. The fourth-order valence-electron chi connectivity index (χ4n) is 5.50. The van der Waals surface area contributed by atoms with Crippen molar-refractivity contribution in [2.45, 2.75) is 77.0 Å². The molecule has 114 valence electrons. The van der Waals surface area contributed by atoms with Crippen LogP contribution in [0.5, 0.6) is 0 Å². The molecule has 0 aliphatic heterocycles. The topological polar surface area (TPSA) is 0 Å². The first-order valence-corrected chi connectivity index (χ1v) is 9.48. The van der Waals surface area contributed by atoms with Gasteiger partial charge in [-0.15, -0.1) is 0 Å². The zero-order valence-electron chi connectivity index (χ0n) is 13.6. The third-order valence-corrected chi connectivity index (χ3v) is 6.47. The molecular weight excluding hydrogens is 264 g/mol. The van der Waals surface area contributed by atoms with E-state index in [4.69, 9.17) is 0 Å². The Bertz CT molecular complexity index is 329. The first-order valence-electron chi connectivity index (χ1n) is 9.48. The summed E-state index contributed by atoms with van der Waals surface area (Å²) in [5.74, 6) is 14.0. The van der Waals surface area contributed by atoms with Crippen molar-refractivity contribution in [3.05, 3.63) is 60.2 Å². The summed E-state index contributed by atoms with van der Waals surface area (Å²) < 4.78 is 0. The summed E-state index contributed by atoms with van der Waals surface area (Å²) in [6, 6.07) is 0. The third kappa shape index (κ3) is 2.30. The summed E-state index contributed by atoms with van der Waals surface area (Å²) in [6.45, 7) is 0. The molecule has 5 aliphatic rings. The van der Waals surface area contributed by atoms with Crippen LogP contribution in [0.15, 0.2) is 0 Å². The van der Waals surface area contributed by atoms with Crippen molar-refractivity contribution in [3.63, 3.8) is 0 Å². The maximum Gasteiger partial charge on any atom is -0.00967 e. The third-order valence-electron chi connectivity index (χ3n) is 6.47. The van der Waals surface area contributed by atoms with Gasteiger partial charge in [-0.25, -0.2) is 0 Å². The molecular formula is C22H26. The molecule has 0 aromatic rings. The molecule has 5 saturated carbocycles. The predicted octanol–water partition coefficient (Wildman–Crippen LogP) is 5.74. The Morgan fingerprint density at radius 1 is 0.364 bits per heavy atom. The Morgan fingerprint density at radius 3 is 0.955 bits per heavy atom. The molecule has 0 nitrogen and oxygen atoms in total. The van der Waals surface area contributed by atoms with E-state index in [1.807, 2.05) is 0 Å². The average molecular weight is 290 g/mol. The minimum absolute atomic E-state index is 1.32. The largest absolute Gasteiger partial charge is 0.0521 e. The van der Waals surface area contributed by atoms with Gasteiger partial charge in [-0.3, -0.25) is 0 Å². The SMILES string of the molecule is [CH]1[C]2CCC[C]3[CH][C]4CCC[C]1[C]1CCC[C]4[C]3CCC[C]21. The van der Waals surface area contributed by atoms with E-state index in [9.17, 15) is 0 Å². The maximum absolute atomic E-state index is 2.62. The summed E-state index contributed by atoms with van der Waals surface area (Å²) in [5, 5.41) is 0. The highest BCUT2D eigenvalue weighted by Gasteiger charge is 2.49. The van der Waals surface area contributed by atoms with Crippen LogP contribution in [0.2, 0.25) is 0 Å². The van der Waals surface area contributed by atoms with E-state index in [1.165, 1.54) is 77.0 Å². The lowest BCUT2D eigenvalue weighted by molar-refractivity contribution is 0.551. The fraction of sp³-hybridized carbons (Fsp3) is 0.545. The lowest BCUT2D eigenvalue weighted by Gasteiger charge is -2.33. The fourth-order valence-corrected chi connectivity index (χ4v) is 5.50. The predicted molar refractivity (Wildman–Crippen MR) is 89.9 cm³/mol. The molecule has 0 unspecified atom stereocenters. The van der Waals surface area contributed by atoms with Crippen molar-refractivity contribution >= 4 is 0 Å². The molecule has 0 spiro atoms. The molecule has 0 saturated heterocycles. The molecule has 0 amide bonds. The number of rotatable bonds is 0. The molecule has 0 N–H and O–H groups in total. The van der Waals surface area contributed by atoms with E-state index < -0.39 is 0 Å². The highest BCUT2D eigenvalue weighted by atomic mass is 14.5. The van der Waals surface area contributed by atoms with Gasteiger partial charge in [0.05, 0.1) is 0 Å². The van der Waals surface area contributed by atoms with E-state index in [-0.39, 0.29) is 0 Å². The van der Waals surface area contributed by atoms with Crippen LogP contribution >= 0.6 is 0 Å². The lowest BCUT2D eigenvalue weighted by atomic mass is 9.70. The number of fused-ring (bicyclic) bond motifs is 4. The Balaban J connectivity index is 1.55. The quantitative estimate of drug-likeness (QED) is 0.533. The summed E-state index contributed by atoms with van der Waals surface area (Å²) in [4.78, 5) is 0.